The Kier molecular flexibility index (Phi) is 10.3. The molecule has 0 fully saturated rings. The van der Waals surface area contributed by atoms with Crippen LogP contribution in [0.2, 0.25) is 0 Å². The first-order chi connectivity index (χ1) is 36.8. The summed E-state index contributed by atoms with van der Waals surface area (Å²) in [7, 11) is 4.30. The molecule has 0 saturated carbocycles. The molecule has 6 heteroatoms. The van der Waals surface area contributed by atoms with Crippen molar-refractivity contribution < 1.29 is 8.83 Å². The molecule has 14 aromatic rings. The van der Waals surface area contributed by atoms with Crippen molar-refractivity contribution in [3.8, 4) is 0 Å². The van der Waals surface area contributed by atoms with E-state index in [1.807, 2.05) is 0 Å². The number of furan rings is 2. The topological polar surface area (TPSA) is 32.8 Å². The van der Waals surface area contributed by atoms with Gasteiger partial charge in [-0.3, -0.25) is 0 Å². The monoisotopic (exact) mass is 980 g/mol. The largest absolute Gasteiger partial charge is 0.454 e. The molecule has 0 amide bonds. The van der Waals surface area contributed by atoms with Crippen LogP contribution < -0.4 is 20.7 Å². The molecular weight excluding hydrogens is 922 g/mol. The molecule has 14 rings (SSSR count). The molecule has 366 valence electrons. The zero-order valence-electron chi connectivity index (χ0n) is 45.0. The molecule has 12 aromatic carbocycles. The van der Waals surface area contributed by atoms with Crippen LogP contribution in [-0.2, 0) is 0 Å². The quantitative estimate of drug-likeness (QED) is 0.112. The first-order valence-electron chi connectivity index (χ1n) is 27.0. The van der Waals surface area contributed by atoms with Gasteiger partial charge in [0, 0.05) is 43.1 Å². The lowest BCUT2D eigenvalue weighted by Gasteiger charge is -2.33. The second kappa shape index (κ2) is 17.0. The zero-order valence-corrected chi connectivity index (χ0v) is 45.0. The van der Waals surface area contributed by atoms with Gasteiger partial charge in [-0.05, 0) is 141 Å². The van der Waals surface area contributed by atoms with E-state index < -0.39 is 0 Å². The highest BCUT2D eigenvalue weighted by atomic mass is 16.3. The molecule has 0 saturated heterocycles. The van der Waals surface area contributed by atoms with Crippen molar-refractivity contribution in [2.24, 2.45) is 0 Å². The number of nitrogens with zero attached hydrogens (tertiary/aromatic N) is 2. The van der Waals surface area contributed by atoms with Gasteiger partial charge in [-0.25, -0.2) is 0 Å². The van der Waals surface area contributed by atoms with Crippen LogP contribution in [0.1, 0.15) is 72.9 Å². The zero-order chi connectivity index (χ0) is 52.0. The molecular formula is C70H58B2N2O2. The average Bonchev–Trinajstić information content (AvgIpc) is 4.01. The van der Waals surface area contributed by atoms with Gasteiger partial charge in [-0.2, -0.15) is 0 Å². The van der Waals surface area contributed by atoms with E-state index in [1.165, 1.54) is 87.2 Å². The van der Waals surface area contributed by atoms with Crippen molar-refractivity contribution in [1.29, 1.82) is 0 Å². The summed E-state index contributed by atoms with van der Waals surface area (Å²) in [5.41, 5.74) is 19.9. The van der Waals surface area contributed by atoms with Crippen LogP contribution >= 0.6 is 0 Å². The summed E-state index contributed by atoms with van der Waals surface area (Å²) >= 11 is 0. The Balaban J connectivity index is 1.16. The molecule has 0 aliphatic heterocycles. The fourth-order valence-electron chi connectivity index (χ4n) is 13.0. The van der Waals surface area contributed by atoms with E-state index in [0.717, 1.165) is 88.9 Å². The Labute approximate surface area is 445 Å². The van der Waals surface area contributed by atoms with E-state index in [-0.39, 0.29) is 11.8 Å². The molecule has 0 aliphatic rings. The minimum Gasteiger partial charge on any atom is -0.454 e. The fourth-order valence-corrected chi connectivity index (χ4v) is 13.0. The van der Waals surface area contributed by atoms with Gasteiger partial charge in [0.25, 0.3) is 0 Å². The van der Waals surface area contributed by atoms with Crippen LogP contribution in [-0.4, -0.2) is 15.7 Å². The smallest absolute Gasteiger partial charge is 0.159 e. The first kappa shape index (κ1) is 46.1. The lowest BCUT2D eigenvalue weighted by atomic mass is 9.83. The Morgan fingerprint density at radius 3 is 1.12 bits per heavy atom. The molecule has 4 nitrogen and oxygen atoms in total. The molecule has 0 unspecified atom stereocenters. The molecule has 0 spiro atoms. The van der Waals surface area contributed by atoms with Crippen molar-refractivity contribution in [2.75, 3.05) is 9.80 Å². The van der Waals surface area contributed by atoms with Crippen LogP contribution in [0, 0.1) is 27.7 Å². The number of aryl methyl sites for hydroxylation is 4. The Hall–Kier alpha value is -8.47. The van der Waals surface area contributed by atoms with Gasteiger partial charge >= 0.3 is 0 Å². The summed E-state index contributed by atoms with van der Waals surface area (Å²) < 4.78 is 14.3. The predicted octanol–water partition coefficient (Wildman–Crippen LogP) is 17.6. The molecule has 0 bridgehead atoms. The summed E-state index contributed by atoms with van der Waals surface area (Å²) in [5.74, 6) is 0.420. The highest BCUT2D eigenvalue weighted by Crippen LogP contribution is 2.55. The molecule has 2 heterocycles. The minimum absolute atomic E-state index is 0.210. The number of hydrogen-bond acceptors (Lipinski definition) is 4. The summed E-state index contributed by atoms with van der Waals surface area (Å²) in [6.45, 7) is 18.3. The van der Waals surface area contributed by atoms with E-state index >= 15 is 0 Å². The maximum Gasteiger partial charge on any atom is 0.159 e. The molecule has 0 atom stereocenters. The molecule has 0 N–H and O–H groups in total. The highest BCUT2D eigenvalue weighted by molar-refractivity contribution is 6.40. The van der Waals surface area contributed by atoms with Gasteiger partial charge < -0.3 is 18.6 Å². The number of hydrogen-bond donors (Lipinski definition) is 0. The number of rotatable bonds is 8. The van der Waals surface area contributed by atoms with Crippen LogP contribution in [0.3, 0.4) is 0 Å². The molecule has 2 aromatic heterocycles. The Morgan fingerprint density at radius 1 is 0.342 bits per heavy atom. The summed E-state index contributed by atoms with van der Waals surface area (Å²) in [6.07, 6.45) is 0. The minimum atomic E-state index is 0.210. The van der Waals surface area contributed by atoms with Crippen molar-refractivity contribution in [3.63, 3.8) is 0 Å². The standard InChI is InChI=1S/C70H58B2N2O2/c1-37(2)53-35-61(73(65-41(7)23-27-43-25-21-39(5)33-55(43)65)59-19-11-15-49-47-13-9-17-57(71)67(47)75-69(49)59)51-32-30-46-54(38(3)4)36-62(52-31-29-45(53)63(51)64(46)52)74(66-42(8)24-28-44-26-22-40(6)34-56(44)66)60-20-12-16-50-48-14-10-18-58(72)68(48)76-70(50)60/h9-38H,71-72H2,1-8H3. The van der Waals surface area contributed by atoms with Crippen LogP contribution in [0.15, 0.2) is 179 Å². The summed E-state index contributed by atoms with van der Waals surface area (Å²) in [5, 5.41) is 16.8. The number of para-hydroxylation sites is 4. The second-order valence-electron chi connectivity index (χ2n) is 22.3. The lowest BCUT2D eigenvalue weighted by molar-refractivity contribution is 0.671. The van der Waals surface area contributed by atoms with E-state index in [2.05, 4.69) is 251 Å². The molecule has 76 heavy (non-hydrogen) atoms. The van der Waals surface area contributed by atoms with E-state index in [1.54, 1.807) is 0 Å². The lowest BCUT2D eigenvalue weighted by Crippen LogP contribution is -2.15. The van der Waals surface area contributed by atoms with Crippen molar-refractivity contribution in [1.82, 2.24) is 0 Å². The van der Waals surface area contributed by atoms with Gasteiger partial charge in [0.1, 0.15) is 26.9 Å². The van der Waals surface area contributed by atoms with Gasteiger partial charge in [-0.1, -0.05) is 172 Å². The average molecular weight is 981 g/mol. The normalized spacial score (nSPS) is 12.3. The number of fused-ring (bicyclic) bond motifs is 8. The van der Waals surface area contributed by atoms with Crippen molar-refractivity contribution in [2.45, 2.75) is 67.2 Å². The second-order valence-corrected chi connectivity index (χ2v) is 22.3. The van der Waals surface area contributed by atoms with Gasteiger partial charge in [0.2, 0.25) is 0 Å². The van der Waals surface area contributed by atoms with Crippen molar-refractivity contribution in [3.05, 3.63) is 203 Å². The molecule has 0 aliphatic carbocycles. The Morgan fingerprint density at radius 2 is 0.711 bits per heavy atom. The van der Waals surface area contributed by atoms with E-state index in [4.69, 9.17) is 8.83 Å². The maximum atomic E-state index is 7.13. The number of benzene rings is 12. The maximum absolute atomic E-state index is 7.13. The van der Waals surface area contributed by atoms with Gasteiger partial charge in [-0.15, -0.1) is 0 Å². The van der Waals surface area contributed by atoms with Crippen LogP contribution in [0.25, 0.3) is 97.7 Å². The van der Waals surface area contributed by atoms with Crippen molar-refractivity contribution >= 4 is 158 Å². The third-order valence-electron chi connectivity index (χ3n) is 16.7. The van der Waals surface area contributed by atoms with Crippen LogP contribution in [0.5, 0.6) is 0 Å². The highest BCUT2D eigenvalue weighted by Gasteiger charge is 2.31. The third kappa shape index (κ3) is 6.72. The fraction of sp³-hybridized carbons (Fsp3) is 0.143. The van der Waals surface area contributed by atoms with Crippen LogP contribution in [0.4, 0.5) is 34.1 Å². The number of anilines is 6. The van der Waals surface area contributed by atoms with Gasteiger partial charge in [0.05, 0.1) is 34.1 Å². The predicted molar refractivity (Wildman–Crippen MR) is 333 cm³/mol. The first-order valence-corrected chi connectivity index (χ1v) is 27.0. The summed E-state index contributed by atoms with van der Waals surface area (Å²) in [6, 6.07) is 63.9. The third-order valence-corrected chi connectivity index (χ3v) is 16.7. The SMILES string of the molecule is Bc1cccc2c1oc1c(N(c3c(C)ccc4ccc(C)cc34)c3cc(C(C)C)c4ccc5c(N(c6c(C)ccc7ccc(C)cc67)c6cccc7c6oc6c(B)cccc67)cc(C(C)C)c6ccc3c4c65)cccc12. The van der Waals surface area contributed by atoms with E-state index in [0.29, 0.717) is 0 Å². The summed E-state index contributed by atoms with van der Waals surface area (Å²) in [4.78, 5) is 5.11. The van der Waals surface area contributed by atoms with Gasteiger partial charge in [0.15, 0.2) is 11.2 Å². The molecule has 0 radical (unpaired) electrons. The van der Waals surface area contributed by atoms with E-state index in [9.17, 15) is 0 Å². The Bertz CT molecular complexity index is 4440.